The number of ether oxygens (including phenoxy) is 2. The molecule has 0 aliphatic carbocycles. The summed E-state index contributed by atoms with van der Waals surface area (Å²) in [6, 6.07) is 8.23. The second kappa shape index (κ2) is 8.83. The van der Waals surface area contributed by atoms with Gasteiger partial charge >= 0.3 is 12.1 Å². The zero-order valence-electron chi connectivity index (χ0n) is 16.3. The Bertz CT molecular complexity index is 1060. The predicted molar refractivity (Wildman–Crippen MR) is 102 cm³/mol. The largest absolute Gasteiger partial charge is 0.486 e. The Morgan fingerprint density at radius 3 is 2.52 bits per heavy atom. The van der Waals surface area contributed by atoms with Gasteiger partial charge in [-0.05, 0) is 23.8 Å². The van der Waals surface area contributed by atoms with Gasteiger partial charge in [-0.15, -0.1) is 0 Å². The number of carbonyl (C=O) groups is 1. The monoisotopic (exact) mass is 461 g/mol. The highest BCUT2D eigenvalue weighted by Gasteiger charge is 2.45. The van der Waals surface area contributed by atoms with Crippen LogP contribution in [-0.2, 0) is 31.5 Å². The summed E-state index contributed by atoms with van der Waals surface area (Å²) in [6.07, 6.45) is -5.57. The average Bonchev–Trinajstić information content (AvgIpc) is 3.13. The Labute approximate surface area is 176 Å². The van der Waals surface area contributed by atoms with Crippen LogP contribution in [0.25, 0.3) is 0 Å². The molecule has 3 rings (SSSR count). The van der Waals surface area contributed by atoms with E-state index in [1.807, 2.05) is 0 Å². The Morgan fingerprint density at radius 1 is 1.16 bits per heavy atom. The van der Waals surface area contributed by atoms with Gasteiger partial charge in [-0.1, -0.05) is 30.3 Å². The van der Waals surface area contributed by atoms with E-state index in [1.165, 1.54) is 30.3 Å². The number of benzene rings is 2. The molecule has 2 aromatic carbocycles. The highest BCUT2D eigenvalue weighted by atomic mass is 32.2. The van der Waals surface area contributed by atoms with E-state index in [1.54, 1.807) is 0 Å². The molecule has 6 nitrogen and oxygen atoms in total. The number of hydrogen-bond acceptors (Lipinski definition) is 5. The van der Waals surface area contributed by atoms with E-state index in [0.717, 1.165) is 29.6 Å². The molecule has 0 spiro atoms. The summed E-state index contributed by atoms with van der Waals surface area (Å²) in [6.45, 7) is -0.282. The van der Waals surface area contributed by atoms with Gasteiger partial charge in [0, 0.05) is 6.42 Å². The predicted octanol–water partition coefficient (Wildman–Crippen LogP) is 3.37. The SMILES string of the molecule is COC(=O)C1CC(Oc2ccccc2F)CN1S(=O)(=O)Cc1cccc(C(F)(F)F)c1. The summed E-state index contributed by atoms with van der Waals surface area (Å²) in [5, 5.41) is 0. The third kappa shape index (κ3) is 5.34. The summed E-state index contributed by atoms with van der Waals surface area (Å²) in [5.41, 5.74) is -1.07. The van der Waals surface area contributed by atoms with E-state index in [9.17, 15) is 30.8 Å². The summed E-state index contributed by atoms with van der Waals surface area (Å²) in [7, 11) is -3.14. The Balaban J connectivity index is 1.84. The number of carbonyl (C=O) groups excluding carboxylic acids is 1. The number of esters is 1. The van der Waals surface area contributed by atoms with Gasteiger partial charge in [-0.25, -0.2) is 12.8 Å². The Morgan fingerprint density at radius 2 is 1.87 bits per heavy atom. The fourth-order valence-electron chi connectivity index (χ4n) is 3.36. The van der Waals surface area contributed by atoms with Crippen molar-refractivity contribution in [3.63, 3.8) is 0 Å². The van der Waals surface area contributed by atoms with Gasteiger partial charge in [0.1, 0.15) is 12.1 Å². The van der Waals surface area contributed by atoms with Crippen LogP contribution in [0, 0.1) is 5.82 Å². The lowest BCUT2D eigenvalue weighted by Gasteiger charge is -2.22. The normalized spacial score (nSPS) is 19.9. The van der Waals surface area contributed by atoms with E-state index in [-0.39, 0.29) is 24.3 Å². The maximum Gasteiger partial charge on any atom is 0.416 e. The summed E-state index contributed by atoms with van der Waals surface area (Å²) in [4.78, 5) is 12.2. The minimum absolute atomic E-state index is 0.0862. The quantitative estimate of drug-likeness (QED) is 0.487. The first-order chi connectivity index (χ1) is 14.5. The van der Waals surface area contributed by atoms with Gasteiger partial charge < -0.3 is 9.47 Å². The van der Waals surface area contributed by atoms with E-state index in [2.05, 4.69) is 4.74 Å². The fraction of sp³-hybridized carbons (Fsp3) is 0.350. The molecular formula is C20H19F4NO5S. The lowest BCUT2D eigenvalue weighted by molar-refractivity contribution is -0.144. The lowest BCUT2D eigenvalue weighted by atomic mass is 10.1. The molecule has 0 N–H and O–H groups in total. The van der Waals surface area contributed by atoms with Crippen LogP contribution in [0.2, 0.25) is 0 Å². The molecule has 2 atom stereocenters. The number of sulfonamides is 1. The smallest absolute Gasteiger partial charge is 0.416 e. The second-order valence-corrected chi connectivity index (χ2v) is 8.89. The van der Waals surface area contributed by atoms with Crippen molar-refractivity contribution >= 4 is 16.0 Å². The van der Waals surface area contributed by atoms with Gasteiger partial charge in [0.2, 0.25) is 10.0 Å². The highest BCUT2D eigenvalue weighted by Crippen LogP contribution is 2.32. The molecule has 0 aromatic heterocycles. The molecule has 0 radical (unpaired) electrons. The molecule has 1 aliphatic heterocycles. The van der Waals surface area contributed by atoms with Crippen molar-refractivity contribution in [1.29, 1.82) is 0 Å². The van der Waals surface area contributed by atoms with Crippen LogP contribution >= 0.6 is 0 Å². The maximum absolute atomic E-state index is 13.9. The van der Waals surface area contributed by atoms with Gasteiger partial charge in [-0.2, -0.15) is 17.5 Å². The van der Waals surface area contributed by atoms with Crippen LogP contribution < -0.4 is 4.74 Å². The molecule has 0 saturated carbocycles. The molecule has 1 aliphatic rings. The van der Waals surface area contributed by atoms with Crippen molar-refractivity contribution in [3.05, 3.63) is 65.5 Å². The molecule has 11 heteroatoms. The van der Waals surface area contributed by atoms with Gasteiger partial charge in [0.25, 0.3) is 0 Å². The molecule has 0 amide bonds. The number of rotatable bonds is 6. The summed E-state index contributed by atoms with van der Waals surface area (Å²) < 4.78 is 89.7. The van der Waals surface area contributed by atoms with Crippen LogP contribution in [-0.4, -0.2) is 44.5 Å². The minimum atomic E-state index is -4.62. The van der Waals surface area contributed by atoms with Crippen LogP contribution in [0.3, 0.4) is 0 Å². The molecule has 2 unspecified atom stereocenters. The number of hydrogen-bond donors (Lipinski definition) is 0. The zero-order valence-corrected chi connectivity index (χ0v) is 17.1. The number of alkyl halides is 3. The number of nitrogens with zero attached hydrogens (tertiary/aromatic N) is 1. The standard InChI is InChI=1S/C20H19F4NO5S/c1-29-19(26)17-10-15(30-18-8-3-2-7-16(18)21)11-25(17)31(27,28)12-13-5-4-6-14(9-13)20(22,23)24/h2-9,15,17H,10-12H2,1H3. The molecule has 1 heterocycles. The average molecular weight is 461 g/mol. The van der Waals surface area contributed by atoms with Gasteiger partial charge in [-0.3, -0.25) is 4.79 Å². The van der Waals surface area contributed by atoms with Crippen molar-refractivity contribution in [2.24, 2.45) is 0 Å². The molecule has 1 fully saturated rings. The number of halogens is 4. The third-order valence-electron chi connectivity index (χ3n) is 4.78. The summed E-state index contributed by atoms with van der Waals surface area (Å²) >= 11 is 0. The van der Waals surface area contributed by atoms with E-state index in [0.29, 0.717) is 0 Å². The molecule has 0 bridgehead atoms. The van der Waals surface area contributed by atoms with Crippen molar-refractivity contribution in [2.75, 3.05) is 13.7 Å². The van der Waals surface area contributed by atoms with E-state index < -0.39 is 51.4 Å². The molecule has 1 saturated heterocycles. The van der Waals surface area contributed by atoms with Crippen molar-refractivity contribution in [1.82, 2.24) is 4.31 Å². The van der Waals surface area contributed by atoms with E-state index in [4.69, 9.17) is 4.74 Å². The van der Waals surface area contributed by atoms with E-state index >= 15 is 0 Å². The number of methoxy groups -OCH3 is 1. The topological polar surface area (TPSA) is 72.9 Å². The van der Waals surface area contributed by atoms with Crippen LogP contribution in [0.15, 0.2) is 48.5 Å². The molecule has 2 aromatic rings. The maximum atomic E-state index is 13.9. The van der Waals surface area contributed by atoms with Crippen molar-refractivity contribution in [2.45, 2.75) is 30.5 Å². The fourth-order valence-corrected chi connectivity index (χ4v) is 5.08. The first kappa shape index (κ1) is 23.0. The second-order valence-electron chi connectivity index (χ2n) is 6.97. The first-order valence-electron chi connectivity index (χ1n) is 9.16. The van der Waals surface area contributed by atoms with Gasteiger partial charge in [0.05, 0.1) is 25.0 Å². The highest BCUT2D eigenvalue weighted by molar-refractivity contribution is 7.88. The molecular weight excluding hydrogens is 442 g/mol. The minimum Gasteiger partial charge on any atom is -0.486 e. The Hall–Kier alpha value is -2.66. The van der Waals surface area contributed by atoms with Crippen molar-refractivity contribution < 1.29 is 40.2 Å². The number of para-hydroxylation sites is 1. The van der Waals surface area contributed by atoms with Gasteiger partial charge in [0.15, 0.2) is 11.6 Å². The molecule has 168 valence electrons. The third-order valence-corrected chi connectivity index (χ3v) is 6.60. The Kier molecular flexibility index (Phi) is 6.56. The lowest BCUT2D eigenvalue weighted by Crippen LogP contribution is -2.41. The molecule has 31 heavy (non-hydrogen) atoms. The zero-order chi connectivity index (χ0) is 22.8. The summed E-state index contributed by atoms with van der Waals surface area (Å²) in [5.74, 6) is -2.35. The van der Waals surface area contributed by atoms with Crippen LogP contribution in [0.4, 0.5) is 17.6 Å². The van der Waals surface area contributed by atoms with Crippen molar-refractivity contribution in [3.8, 4) is 5.75 Å². The first-order valence-corrected chi connectivity index (χ1v) is 10.8. The van der Waals surface area contributed by atoms with Crippen LogP contribution in [0.1, 0.15) is 17.5 Å². The van der Waals surface area contributed by atoms with Crippen LogP contribution in [0.5, 0.6) is 5.75 Å².